The van der Waals surface area contributed by atoms with Crippen LogP contribution in [0.15, 0.2) is 18.0 Å². The van der Waals surface area contributed by atoms with Crippen LogP contribution in [-0.2, 0) is 6.54 Å². The molecule has 0 atom stereocenters. The average molecular weight is 239 g/mol. The number of carbonyl (C=O) groups is 1. The number of amides is 1. The number of hydrogen-bond donors (Lipinski definition) is 1. The zero-order valence-corrected chi connectivity index (χ0v) is 10.5. The van der Waals surface area contributed by atoms with Gasteiger partial charge in [-0.15, -0.1) is 17.9 Å². The van der Waals surface area contributed by atoms with Gasteiger partial charge in [-0.2, -0.15) is 0 Å². The number of aromatic nitrogens is 1. The Kier molecular flexibility index (Phi) is 4.64. The normalized spacial score (nSPS) is 10.5. The van der Waals surface area contributed by atoms with Crippen molar-refractivity contribution >= 4 is 17.2 Å². The van der Waals surface area contributed by atoms with E-state index in [1.807, 2.05) is 13.8 Å². The molecule has 5 heteroatoms. The maximum absolute atomic E-state index is 12.1. The molecule has 0 radical (unpaired) electrons. The van der Waals surface area contributed by atoms with Gasteiger partial charge in [-0.25, -0.2) is 4.98 Å². The van der Waals surface area contributed by atoms with Gasteiger partial charge in [0.15, 0.2) is 0 Å². The lowest BCUT2D eigenvalue weighted by molar-refractivity contribution is 0.0723. The molecule has 0 aliphatic heterocycles. The largest absolute Gasteiger partial charge is 0.331 e. The van der Waals surface area contributed by atoms with Gasteiger partial charge in [0, 0.05) is 24.5 Å². The molecule has 1 amide bonds. The molecule has 2 N–H and O–H groups in total. The molecule has 0 aromatic carbocycles. The van der Waals surface area contributed by atoms with Crippen LogP contribution in [0.5, 0.6) is 0 Å². The second-order valence-corrected chi connectivity index (χ2v) is 4.61. The third kappa shape index (κ3) is 2.90. The SMILES string of the molecule is C=CCN(C(=O)c1csc(CN)n1)C(C)C. The van der Waals surface area contributed by atoms with Crippen molar-refractivity contribution in [2.75, 3.05) is 6.54 Å². The van der Waals surface area contributed by atoms with Gasteiger partial charge in [-0.1, -0.05) is 6.08 Å². The summed E-state index contributed by atoms with van der Waals surface area (Å²) in [6.45, 7) is 8.50. The summed E-state index contributed by atoms with van der Waals surface area (Å²) in [6.07, 6.45) is 1.72. The lowest BCUT2D eigenvalue weighted by Gasteiger charge is -2.24. The Balaban J connectivity index is 2.85. The highest BCUT2D eigenvalue weighted by molar-refractivity contribution is 7.09. The zero-order chi connectivity index (χ0) is 12.1. The monoisotopic (exact) mass is 239 g/mol. The minimum atomic E-state index is -0.0640. The third-order valence-electron chi connectivity index (χ3n) is 2.16. The highest BCUT2D eigenvalue weighted by Crippen LogP contribution is 2.13. The van der Waals surface area contributed by atoms with Crippen molar-refractivity contribution in [1.82, 2.24) is 9.88 Å². The van der Waals surface area contributed by atoms with Crippen LogP contribution < -0.4 is 5.73 Å². The molecule has 0 aliphatic carbocycles. The molecule has 1 heterocycles. The number of nitrogens with zero attached hydrogens (tertiary/aromatic N) is 2. The first-order valence-electron chi connectivity index (χ1n) is 5.16. The summed E-state index contributed by atoms with van der Waals surface area (Å²) < 4.78 is 0. The average Bonchev–Trinajstić information content (AvgIpc) is 2.73. The molecule has 0 unspecified atom stereocenters. The predicted molar refractivity (Wildman–Crippen MR) is 66.4 cm³/mol. The topological polar surface area (TPSA) is 59.2 Å². The van der Waals surface area contributed by atoms with Crippen molar-refractivity contribution < 1.29 is 4.79 Å². The van der Waals surface area contributed by atoms with Crippen molar-refractivity contribution in [1.29, 1.82) is 0 Å². The molecule has 1 aromatic rings. The Morgan fingerprint density at radius 3 is 2.88 bits per heavy atom. The van der Waals surface area contributed by atoms with E-state index in [0.717, 1.165) is 5.01 Å². The van der Waals surface area contributed by atoms with E-state index in [4.69, 9.17) is 5.73 Å². The van der Waals surface area contributed by atoms with Crippen molar-refractivity contribution in [2.24, 2.45) is 5.73 Å². The molecule has 0 bridgehead atoms. The zero-order valence-electron chi connectivity index (χ0n) is 9.64. The highest BCUT2D eigenvalue weighted by atomic mass is 32.1. The van der Waals surface area contributed by atoms with Gasteiger partial charge in [0.25, 0.3) is 5.91 Å². The van der Waals surface area contributed by atoms with E-state index in [-0.39, 0.29) is 11.9 Å². The number of hydrogen-bond acceptors (Lipinski definition) is 4. The molecule has 0 fully saturated rings. The van der Waals surface area contributed by atoms with Crippen LogP contribution in [0.2, 0.25) is 0 Å². The Morgan fingerprint density at radius 1 is 1.75 bits per heavy atom. The lowest BCUT2D eigenvalue weighted by Crippen LogP contribution is -2.37. The standard InChI is InChI=1S/C11H17N3OS/c1-4-5-14(8(2)3)11(15)9-7-16-10(6-12)13-9/h4,7-8H,1,5-6,12H2,2-3H3. The van der Waals surface area contributed by atoms with Gasteiger partial charge in [-0.05, 0) is 13.8 Å². The fraction of sp³-hybridized carbons (Fsp3) is 0.455. The number of nitrogens with two attached hydrogens (primary N) is 1. The van der Waals surface area contributed by atoms with E-state index in [1.165, 1.54) is 11.3 Å². The van der Waals surface area contributed by atoms with Crippen molar-refractivity contribution in [3.05, 3.63) is 28.7 Å². The second-order valence-electron chi connectivity index (χ2n) is 3.67. The van der Waals surface area contributed by atoms with Gasteiger partial charge < -0.3 is 10.6 Å². The molecule has 1 aromatic heterocycles. The summed E-state index contributed by atoms with van der Waals surface area (Å²) in [4.78, 5) is 18.0. The van der Waals surface area contributed by atoms with Crippen molar-refractivity contribution in [3.8, 4) is 0 Å². The maximum atomic E-state index is 12.1. The fourth-order valence-corrected chi connectivity index (χ4v) is 1.97. The third-order valence-corrected chi connectivity index (χ3v) is 3.03. The smallest absolute Gasteiger partial charge is 0.273 e. The van der Waals surface area contributed by atoms with Gasteiger partial charge in [-0.3, -0.25) is 4.79 Å². The van der Waals surface area contributed by atoms with Crippen LogP contribution in [0.3, 0.4) is 0 Å². The van der Waals surface area contributed by atoms with E-state index in [1.54, 1.807) is 16.4 Å². The first-order valence-corrected chi connectivity index (χ1v) is 6.04. The van der Waals surface area contributed by atoms with E-state index in [2.05, 4.69) is 11.6 Å². The summed E-state index contributed by atoms with van der Waals surface area (Å²) in [5.74, 6) is -0.0640. The maximum Gasteiger partial charge on any atom is 0.273 e. The molecule has 1 rings (SSSR count). The summed E-state index contributed by atoms with van der Waals surface area (Å²) >= 11 is 1.42. The minimum Gasteiger partial charge on any atom is -0.331 e. The summed E-state index contributed by atoms with van der Waals surface area (Å²) in [6, 6.07) is 0.133. The molecule has 0 aliphatic rings. The predicted octanol–water partition coefficient (Wildman–Crippen LogP) is 1.64. The van der Waals surface area contributed by atoms with Crippen LogP contribution in [0, 0.1) is 0 Å². The number of rotatable bonds is 5. The van der Waals surface area contributed by atoms with E-state index in [0.29, 0.717) is 18.8 Å². The van der Waals surface area contributed by atoms with E-state index in [9.17, 15) is 4.79 Å². The van der Waals surface area contributed by atoms with Crippen LogP contribution >= 0.6 is 11.3 Å². The Labute approximate surface area is 99.8 Å². The van der Waals surface area contributed by atoms with Gasteiger partial charge in [0.05, 0.1) is 0 Å². The summed E-state index contributed by atoms with van der Waals surface area (Å²) in [5, 5.41) is 2.54. The van der Waals surface area contributed by atoms with Crippen LogP contribution in [0.4, 0.5) is 0 Å². The Hall–Kier alpha value is -1.20. The summed E-state index contributed by atoms with van der Waals surface area (Å²) in [7, 11) is 0. The fourth-order valence-electron chi connectivity index (χ4n) is 1.32. The molecule has 0 spiro atoms. The number of carbonyl (C=O) groups excluding carboxylic acids is 1. The first kappa shape index (κ1) is 12.9. The molecule has 4 nitrogen and oxygen atoms in total. The molecular weight excluding hydrogens is 222 g/mol. The quantitative estimate of drug-likeness (QED) is 0.795. The van der Waals surface area contributed by atoms with Crippen LogP contribution in [0.25, 0.3) is 0 Å². The molecule has 0 saturated heterocycles. The molecular formula is C11H17N3OS. The van der Waals surface area contributed by atoms with E-state index >= 15 is 0 Å². The Bertz CT molecular complexity index is 373. The van der Waals surface area contributed by atoms with Gasteiger partial charge >= 0.3 is 0 Å². The highest BCUT2D eigenvalue weighted by Gasteiger charge is 2.19. The van der Waals surface area contributed by atoms with Crippen LogP contribution in [-0.4, -0.2) is 28.4 Å². The summed E-state index contributed by atoms with van der Waals surface area (Å²) in [5.41, 5.74) is 5.94. The number of thiazole rings is 1. The first-order chi connectivity index (χ1) is 7.60. The lowest BCUT2D eigenvalue weighted by atomic mass is 10.3. The second kappa shape index (κ2) is 5.77. The molecule has 0 saturated carbocycles. The Morgan fingerprint density at radius 2 is 2.44 bits per heavy atom. The van der Waals surface area contributed by atoms with Crippen molar-refractivity contribution in [2.45, 2.75) is 26.4 Å². The van der Waals surface area contributed by atoms with Gasteiger partial charge in [0.1, 0.15) is 10.7 Å². The minimum absolute atomic E-state index is 0.0640. The van der Waals surface area contributed by atoms with E-state index < -0.39 is 0 Å². The molecule has 88 valence electrons. The molecule has 16 heavy (non-hydrogen) atoms. The van der Waals surface area contributed by atoms with Crippen molar-refractivity contribution in [3.63, 3.8) is 0 Å². The van der Waals surface area contributed by atoms with Gasteiger partial charge in [0.2, 0.25) is 0 Å². The van der Waals surface area contributed by atoms with Crippen LogP contribution in [0.1, 0.15) is 29.3 Å².